The predicted octanol–water partition coefficient (Wildman–Crippen LogP) is 2.12. The minimum absolute atomic E-state index is 0. The SMILES string of the molecule is COc1ccc(CN(C)C(=O)CC(C)N)cc1C.Cl. The molecule has 0 saturated carbocycles. The van der Waals surface area contributed by atoms with Crippen molar-refractivity contribution in [3.05, 3.63) is 29.3 Å². The summed E-state index contributed by atoms with van der Waals surface area (Å²) in [7, 11) is 3.45. The molecule has 1 rings (SSSR count). The summed E-state index contributed by atoms with van der Waals surface area (Å²) in [6, 6.07) is 5.84. The summed E-state index contributed by atoms with van der Waals surface area (Å²) in [5.74, 6) is 0.932. The second kappa shape index (κ2) is 8.02. The molecule has 2 N–H and O–H groups in total. The Morgan fingerprint density at radius 2 is 2.11 bits per heavy atom. The average Bonchev–Trinajstić information content (AvgIpc) is 2.28. The van der Waals surface area contributed by atoms with Crippen molar-refractivity contribution in [3.8, 4) is 5.75 Å². The number of rotatable bonds is 5. The van der Waals surface area contributed by atoms with E-state index in [2.05, 4.69) is 0 Å². The summed E-state index contributed by atoms with van der Waals surface area (Å²) in [5, 5.41) is 0. The van der Waals surface area contributed by atoms with Crippen molar-refractivity contribution < 1.29 is 9.53 Å². The van der Waals surface area contributed by atoms with E-state index in [1.54, 1.807) is 19.1 Å². The van der Waals surface area contributed by atoms with Gasteiger partial charge in [0.05, 0.1) is 7.11 Å². The van der Waals surface area contributed by atoms with Crippen LogP contribution in [0.2, 0.25) is 0 Å². The molecule has 0 aliphatic carbocycles. The van der Waals surface area contributed by atoms with E-state index in [1.165, 1.54) is 0 Å². The highest BCUT2D eigenvalue weighted by Crippen LogP contribution is 2.19. The number of nitrogens with two attached hydrogens (primary N) is 1. The summed E-state index contributed by atoms with van der Waals surface area (Å²) >= 11 is 0. The molecule has 1 unspecified atom stereocenters. The number of benzene rings is 1. The van der Waals surface area contributed by atoms with Gasteiger partial charge < -0.3 is 15.4 Å². The fourth-order valence-electron chi connectivity index (χ4n) is 1.83. The van der Waals surface area contributed by atoms with Crippen molar-refractivity contribution >= 4 is 18.3 Å². The first kappa shape index (κ1) is 17.7. The van der Waals surface area contributed by atoms with Crippen molar-refractivity contribution in [1.82, 2.24) is 4.90 Å². The molecule has 1 aromatic rings. The highest BCUT2D eigenvalue weighted by Gasteiger charge is 2.11. The molecule has 0 aliphatic rings. The Morgan fingerprint density at radius 1 is 1.47 bits per heavy atom. The molecule has 0 saturated heterocycles. The smallest absolute Gasteiger partial charge is 0.224 e. The number of carbonyl (C=O) groups excluding carboxylic acids is 1. The summed E-state index contributed by atoms with van der Waals surface area (Å²) in [5.41, 5.74) is 7.79. The van der Waals surface area contributed by atoms with Crippen LogP contribution in [0.5, 0.6) is 5.75 Å². The lowest BCUT2D eigenvalue weighted by Crippen LogP contribution is -2.31. The number of amides is 1. The van der Waals surface area contributed by atoms with Gasteiger partial charge in [0.2, 0.25) is 5.91 Å². The molecule has 19 heavy (non-hydrogen) atoms. The van der Waals surface area contributed by atoms with E-state index >= 15 is 0 Å². The highest BCUT2D eigenvalue weighted by molar-refractivity contribution is 5.85. The quantitative estimate of drug-likeness (QED) is 0.902. The molecule has 1 amide bonds. The van der Waals surface area contributed by atoms with E-state index in [1.807, 2.05) is 32.0 Å². The number of ether oxygens (including phenoxy) is 1. The minimum Gasteiger partial charge on any atom is -0.496 e. The first-order chi connectivity index (χ1) is 8.43. The van der Waals surface area contributed by atoms with Gasteiger partial charge in [0, 0.05) is 26.1 Å². The zero-order valence-corrected chi connectivity index (χ0v) is 12.8. The topological polar surface area (TPSA) is 55.6 Å². The summed E-state index contributed by atoms with van der Waals surface area (Å²) in [4.78, 5) is 13.5. The van der Waals surface area contributed by atoms with Gasteiger partial charge in [-0.25, -0.2) is 0 Å². The third kappa shape index (κ3) is 5.49. The van der Waals surface area contributed by atoms with Crippen LogP contribution in [0.1, 0.15) is 24.5 Å². The molecule has 0 radical (unpaired) electrons. The Bertz CT molecular complexity index is 422. The minimum atomic E-state index is -0.0995. The van der Waals surface area contributed by atoms with Crippen LogP contribution in [0.3, 0.4) is 0 Å². The monoisotopic (exact) mass is 286 g/mol. The molecule has 0 aliphatic heterocycles. The number of aryl methyl sites for hydroxylation is 1. The second-order valence-corrected chi connectivity index (χ2v) is 4.74. The van der Waals surface area contributed by atoms with Crippen LogP contribution in [0.25, 0.3) is 0 Å². The van der Waals surface area contributed by atoms with Gasteiger partial charge >= 0.3 is 0 Å². The van der Waals surface area contributed by atoms with E-state index < -0.39 is 0 Å². The third-order valence-corrected chi connectivity index (χ3v) is 2.80. The van der Waals surface area contributed by atoms with Gasteiger partial charge in [-0.2, -0.15) is 0 Å². The first-order valence-electron chi connectivity index (χ1n) is 6.07. The van der Waals surface area contributed by atoms with Crippen LogP contribution in [-0.4, -0.2) is 31.0 Å². The van der Waals surface area contributed by atoms with E-state index in [0.29, 0.717) is 13.0 Å². The van der Waals surface area contributed by atoms with Crippen LogP contribution in [0.15, 0.2) is 18.2 Å². The van der Waals surface area contributed by atoms with Crippen molar-refractivity contribution in [2.45, 2.75) is 32.9 Å². The molecule has 108 valence electrons. The van der Waals surface area contributed by atoms with Crippen LogP contribution in [0, 0.1) is 6.92 Å². The largest absolute Gasteiger partial charge is 0.496 e. The molecule has 0 aromatic heterocycles. The van der Waals surface area contributed by atoms with Gasteiger partial charge in [0.15, 0.2) is 0 Å². The number of methoxy groups -OCH3 is 1. The van der Waals surface area contributed by atoms with Crippen LogP contribution in [0.4, 0.5) is 0 Å². The highest BCUT2D eigenvalue weighted by atomic mass is 35.5. The molecular weight excluding hydrogens is 264 g/mol. The Labute approximate surface area is 121 Å². The maximum absolute atomic E-state index is 11.8. The second-order valence-electron chi connectivity index (χ2n) is 4.74. The standard InChI is InChI=1S/C14H22N2O2.ClH/c1-10-7-12(5-6-13(10)18-4)9-16(3)14(17)8-11(2)15;/h5-7,11H,8-9,15H2,1-4H3;1H. The number of hydrogen-bond donors (Lipinski definition) is 1. The zero-order valence-electron chi connectivity index (χ0n) is 12.0. The number of nitrogens with zero attached hydrogens (tertiary/aromatic N) is 1. The fourth-order valence-corrected chi connectivity index (χ4v) is 1.83. The lowest BCUT2D eigenvalue weighted by Gasteiger charge is -2.19. The Hall–Kier alpha value is -1.26. The predicted molar refractivity (Wildman–Crippen MR) is 79.7 cm³/mol. The Morgan fingerprint density at radius 3 is 2.58 bits per heavy atom. The maximum atomic E-state index is 11.8. The van der Waals surface area contributed by atoms with E-state index in [9.17, 15) is 4.79 Å². The van der Waals surface area contributed by atoms with E-state index in [0.717, 1.165) is 16.9 Å². The van der Waals surface area contributed by atoms with Crippen molar-refractivity contribution in [2.75, 3.05) is 14.2 Å². The molecular formula is C14H23ClN2O2. The van der Waals surface area contributed by atoms with E-state index in [4.69, 9.17) is 10.5 Å². The first-order valence-corrected chi connectivity index (χ1v) is 6.07. The molecule has 0 bridgehead atoms. The summed E-state index contributed by atoms with van der Waals surface area (Å²) in [6.07, 6.45) is 0.381. The molecule has 4 nitrogen and oxygen atoms in total. The van der Waals surface area contributed by atoms with Crippen molar-refractivity contribution in [2.24, 2.45) is 5.73 Å². The summed E-state index contributed by atoms with van der Waals surface area (Å²) < 4.78 is 5.21. The molecule has 0 fully saturated rings. The molecule has 0 heterocycles. The lowest BCUT2D eigenvalue weighted by molar-refractivity contribution is -0.130. The van der Waals surface area contributed by atoms with E-state index in [-0.39, 0.29) is 24.4 Å². The Kier molecular flexibility index (Phi) is 7.49. The van der Waals surface area contributed by atoms with Crippen LogP contribution in [-0.2, 0) is 11.3 Å². The molecule has 5 heteroatoms. The molecule has 0 spiro atoms. The number of hydrogen-bond acceptors (Lipinski definition) is 3. The number of halogens is 1. The average molecular weight is 287 g/mol. The summed E-state index contributed by atoms with van der Waals surface area (Å²) in [6.45, 7) is 4.42. The van der Waals surface area contributed by atoms with Gasteiger partial charge in [-0.1, -0.05) is 12.1 Å². The zero-order chi connectivity index (χ0) is 13.7. The van der Waals surface area contributed by atoms with Crippen molar-refractivity contribution in [3.63, 3.8) is 0 Å². The van der Waals surface area contributed by atoms with Gasteiger partial charge in [0.1, 0.15) is 5.75 Å². The van der Waals surface area contributed by atoms with Gasteiger partial charge in [-0.15, -0.1) is 12.4 Å². The molecule has 1 atom stereocenters. The van der Waals surface area contributed by atoms with Gasteiger partial charge in [0.25, 0.3) is 0 Å². The van der Waals surface area contributed by atoms with Crippen LogP contribution < -0.4 is 10.5 Å². The van der Waals surface area contributed by atoms with Crippen molar-refractivity contribution in [1.29, 1.82) is 0 Å². The van der Waals surface area contributed by atoms with Gasteiger partial charge in [-0.05, 0) is 31.0 Å². The molecule has 1 aromatic carbocycles. The number of carbonyl (C=O) groups is 1. The van der Waals surface area contributed by atoms with Crippen LogP contribution >= 0.6 is 12.4 Å². The Balaban J connectivity index is 0.00000324. The fraction of sp³-hybridized carbons (Fsp3) is 0.500. The lowest BCUT2D eigenvalue weighted by atomic mass is 10.1. The maximum Gasteiger partial charge on any atom is 0.224 e. The third-order valence-electron chi connectivity index (χ3n) is 2.80. The van der Waals surface area contributed by atoms with Gasteiger partial charge in [-0.3, -0.25) is 4.79 Å². The normalized spacial score (nSPS) is 11.4.